The Morgan fingerprint density at radius 3 is 2.85 bits per heavy atom. The minimum Gasteiger partial charge on any atom is -0.370 e. The minimum atomic E-state index is 0.801. The summed E-state index contributed by atoms with van der Waals surface area (Å²) in [6.07, 6.45) is 6.43. The van der Waals surface area contributed by atoms with Gasteiger partial charge in [0.1, 0.15) is 5.82 Å². The lowest BCUT2D eigenvalue weighted by Gasteiger charge is -2.11. The van der Waals surface area contributed by atoms with E-state index in [1.807, 2.05) is 24.9 Å². The van der Waals surface area contributed by atoms with Gasteiger partial charge in [-0.15, -0.1) is 0 Å². The van der Waals surface area contributed by atoms with Crippen LogP contribution in [-0.2, 0) is 19.9 Å². The number of rotatable bonds is 4. The van der Waals surface area contributed by atoms with Crippen molar-refractivity contribution >= 4 is 5.82 Å². The van der Waals surface area contributed by atoms with E-state index in [0.29, 0.717) is 0 Å². The van der Waals surface area contributed by atoms with Crippen molar-refractivity contribution in [3.05, 3.63) is 23.1 Å². The maximum Gasteiger partial charge on any atom is 0.165 e. The first-order valence-corrected chi connectivity index (χ1v) is 7.33. The van der Waals surface area contributed by atoms with Gasteiger partial charge in [0.15, 0.2) is 5.82 Å². The molecule has 0 unspecified atom stereocenters. The molecule has 0 bridgehead atoms. The Bertz CT molecular complexity index is 629. The van der Waals surface area contributed by atoms with Gasteiger partial charge in [-0.05, 0) is 32.6 Å². The molecular formula is C15H21N5. The lowest BCUT2D eigenvalue weighted by molar-refractivity contribution is 0.756. The molecule has 0 atom stereocenters. The first kappa shape index (κ1) is 13.1. The van der Waals surface area contributed by atoms with Crippen molar-refractivity contribution in [1.29, 1.82) is 0 Å². The molecule has 1 N–H and O–H groups in total. The van der Waals surface area contributed by atoms with Crippen LogP contribution >= 0.6 is 0 Å². The summed E-state index contributed by atoms with van der Waals surface area (Å²) in [5, 5.41) is 7.84. The van der Waals surface area contributed by atoms with Crippen LogP contribution in [0.25, 0.3) is 11.4 Å². The second-order valence-electron chi connectivity index (χ2n) is 5.40. The number of aromatic nitrogens is 4. The third-order valence-corrected chi connectivity index (χ3v) is 3.73. The number of fused-ring (bicyclic) bond motifs is 1. The fourth-order valence-electron chi connectivity index (χ4n) is 2.76. The molecule has 0 saturated carbocycles. The molecule has 5 nitrogen and oxygen atoms in total. The molecule has 0 aliphatic heterocycles. The molecule has 3 rings (SSSR count). The molecular weight excluding hydrogens is 250 g/mol. The summed E-state index contributed by atoms with van der Waals surface area (Å²) >= 11 is 0. The monoisotopic (exact) mass is 271 g/mol. The molecule has 1 aliphatic rings. The number of nitrogens with one attached hydrogen (secondary N) is 1. The summed E-state index contributed by atoms with van der Waals surface area (Å²) in [7, 11) is 1.93. The SMILES string of the molecule is CCCNc1nc(-c2cn(C)nc2C)nc2c1CCC2. The predicted molar refractivity (Wildman–Crippen MR) is 79.8 cm³/mol. The Morgan fingerprint density at radius 2 is 2.15 bits per heavy atom. The number of nitrogens with zero attached hydrogens (tertiary/aromatic N) is 4. The van der Waals surface area contributed by atoms with Crippen molar-refractivity contribution in [3.8, 4) is 11.4 Å². The first-order valence-electron chi connectivity index (χ1n) is 7.33. The Morgan fingerprint density at radius 1 is 1.30 bits per heavy atom. The Kier molecular flexibility index (Phi) is 3.42. The van der Waals surface area contributed by atoms with Crippen LogP contribution in [0.5, 0.6) is 0 Å². The summed E-state index contributed by atoms with van der Waals surface area (Å²) in [4.78, 5) is 9.51. The normalized spacial score (nSPS) is 13.6. The van der Waals surface area contributed by atoms with Gasteiger partial charge in [0.2, 0.25) is 0 Å². The summed E-state index contributed by atoms with van der Waals surface area (Å²) in [6, 6.07) is 0. The third-order valence-electron chi connectivity index (χ3n) is 3.73. The van der Waals surface area contributed by atoms with Crippen LogP contribution in [0.4, 0.5) is 5.82 Å². The molecule has 20 heavy (non-hydrogen) atoms. The predicted octanol–water partition coefficient (Wildman–Crippen LogP) is 2.50. The lowest BCUT2D eigenvalue weighted by atomic mass is 10.2. The van der Waals surface area contributed by atoms with Crippen molar-refractivity contribution in [2.24, 2.45) is 7.05 Å². The van der Waals surface area contributed by atoms with Gasteiger partial charge in [-0.25, -0.2) is 9.97 Å². The average molecular weight is 271 g/mol. The van der Waals surface area contributed by atoms with E-state index in [0.717, 1.165) is 48.7 Å². The van der Waals surface area contributed by atoms with Crippen LogP contribution < -0.4 is 5.32 Å². The van der Waals surface area contributed by atoms with Gasteiger partial charge in [0, 0.05) is 31.0 Å². The summed E-state index contributed by atoms with van der Waals surface area (Å²) < 4.78 is 1.82. The van der Waals surface area contributed by atoms with Crippen LogP contribution in [-0.4, -0.2) is 26.3 Å². The number of anilines is 1. The van der Waals surface area contributed by atoms with Crippen LogP contribution in [0.2, 0.25) is 0 Å². The van der Waals surface area contributed by atoms with E-state index >= 15 is 0 Å². The smallest absolute Gasteiger partial charge is 0.165 e. The zero-order valence-electron chi connectivity index (χ0n) is 12.4. The molecule has 0 radical (unpaired) electrons. The van der Waals surface area contributed by atoms with Gasteiger partial charge in [-0.2, -0.15) is 5.10 Å². The topological polar surface area (TPSA) is 55.6 Å². The maximum absolute atomic E-state index is 4.76. The highest BCUT2D eigenvalue weighted by Crippen LogP contribution is 2.29. The highest BCUT2D eigenvalue weighted by Gasteiger charge is 2.20. The van der Waals surface area contributed by atoms with Gasteiger partial charge < -0.3 is 5.32 Å². The second kappa shape index (κ2) is 5.23. The molecule has 2 aromatic heterocycles. The van der Waals surface area contributed by atoms with Crippen molar-refractivity contribution in [2.45, 2.75) is 39.5 Å². The van der Waals surface area contributed by atoms with E-state index in [2.05, 4.69) is 17.3 Å². The molecule has 106 valence electrons. The van der Waals surface area contributed by atoms with Gasteiger partial charge in [-0.3, -0.25) is 4.68 Å². The fraction of sp³-hybridized carbons (Fsp3) is 0.533. The zero-order chi connectivity index (χ0) is 14.1. The zero-order valence-corrected chi connectivity index (χ0v) is 12.4. The second-order valence-corrected chi connectivity index (χ2v) is 5.40. The van der Waals surface area contributed by atoms with Gasteiger partial charge >= 0.3 is 0 Å². The van der Waals surface area contributed by atoms with Crippen molar-refractivity contribution in [1.82, 2.24) is 19.7 Å². The molecule has 1 aliphatic carbocycles. The summed E-state index contributed by atoms with van der Waals surface area (Å²) in [5.74, 6) is 1.82. The summed E-state index contributed by atoms with van der Waals surface area (Å²) in [6.45, 7) is 5.13. The number of aryl methyl sites for hydroxylation is 3. The average Bonchev–Trinajstić information content (AvgIpc) is 3.01. The van der Waals surface area contributed by atoms with Crippen LogP contribution in [0.1, 0.15) is 36.7 Å². The van der Waals surface area contributed by atoms with Gasteiger partial charge in [0.25, 0.3) is 0 Å². The summed E-state index contributed by atoms with van der Waals surface area (Å²) in [5.41, 5.74) is 4.52. The van der Waals surface area contributed by atoms with Crippen molar-refractivity contribution in [2.75, 3.05) is 11.9 Å². The van der Waals surface area contributed by atoms with E-state index in [4.69, 9.17) is 9.97 Å². The van der Waals surface area contributed by atoms with E-state index in [1.54, 1.807) is 0 Å². The molecule has 2 heterocycles. The van der Waals surface area contributed by atoms with Crippen LogP contribution in [0, 0.1) is 6.92 Å². The third kappa shape index (κ3) is 2.28. The maximum atomic E-state index is 4.76. The van der Waals surface area contributed by atoms with E-state index < -0.39 is 0 Å². The Hall–Kier alpha value is -1.91. The van der Waals surface area contributed by atoms with Crippen LogP contribution in [0.3, 0.4) is 0 Å². The van der Waals surface area contributed by atoms with Gasteiger partial charge in [0.05, 0.1) is 11.3 Å². The molecule has 2 aromatic rings. The first-order chi connectivity index (χ1) is 9.69. The standard InChI is InChI=1S/C15H21N5/c1-4-8-16-14-11-6-5-7-13(11)17-15(18-14)12-9-20(3)19-10(12)2/h9H,4-8H2,1-3H3,(H,16,17,18). The molecule has 0 aromatic carbocycles. The minimum absolute atomic E-state index is 0.801. The molecule has 5 heteroatoms. The number of hydrogen-bond donors (Lipinski definition) is 1. The highest BCUT2D eigenvalue weighted by molar-refractivity contribution is 5.62. The van der Waals surface area contributed by atoms with Crippen molar-refractivity contribution in [3.63, 3.8) is 0 Å². The molecule has 0 saturated heterocycles. The van der Waals surface area contributed by atoms with E-state index in [-0.39, 0.29) is 0 Å². The number of hydrogen-bond acceptors (Lipinski definition) is 4. The molecule has 0 amide bonds. The van der Waals surface area contributed by atoms with Crippen LogP contribution in [0.15, 0.2) is 6.20 Å². The highest BCUT2D eigenvalue weighted by atomic mass is 15.3. The van der Waals surface area contributed by atoms with Gasteiger partial charge in [-0.1, -0.05) is 6.92 Å². The fourth-order valence-corrected chi connectivity index (χ4v) is 2.76. The largest absolute Gasteiger partial charge is 0.370 e. The Balaban J connectivity index is 2.06. The van der Waals surface area contributed by atoms with Crippen molar-refractivity contribution < 1.29 is 0 Å². The van der Waals surface area contributed by atoms with E-state index in [1.165, 1.54) is 17.7 Å². The van der Waals surface area contributed by atoms with E-state index in [9.17, 15) is 0 Å². The Labute approximate surface area is 119 Å². The molecule has 0 spiro atoms. The quantitative estimate of drug-likeness (QED) is 0.928. The molecule has 0 fully saturated rings. The lowest BCUT2D eigenvalue weighted by Crippen LogP contribution is -2.08.